The quantitative estimate of drug-likeness (QED) is 0.161. The summed E-state index contributed by atoms with van der Waals surface area (Å²) in [5.74, 6) is 0.180. The van der Waals surface area contributed by atoms with Crippen LogP contribution in [0.5, 0.6) is 5.75 Å². The molecule has 0 fully saturated rings. The van der Waals surface area contributed by atoms with Gasteiger partial charge in [0.05, 0.1) is 28.4 Å². The van der Waals surface area contributed by atoms with Crippen LogP contribution in [0.4, 0.5) is 0 Å². The maximum absolute atomic E-state index is 11.1. The number of fused-ring (bicyclic) bond motifs is 3. The number of nitriles is 1. The van der Waals surface area contributed by atoms with Crippen molar-refractivity contribution < 1.29 is 26.2 Å². The summed E-state index contributed by atoms with van der Waals surface area (Å²) in [5.41, 5.74) is 17.2. The van der Waals surface area contributed by atoms with Gasteiger partial charge in [0.1, 0.15) is 5.75 Å². The van der Waals surface area contributed by atoms with Crippen LogP contribution in [-0.4, -0.2) is 19.6 Å². The SMILES string of the molecule is CC(C)(C)c1cc(-c2cc(-c3[c-]c(-c4cc(-c5cccc6c7ccccc7n(-c7ccc(-c8cccc(C#N)c8)cc7)c56)ccn4)ccc3)nc(-c3ccccc3O)c2)cc(C(C)(C)C)c1.[Pt]. The fraction of sp³-hybridized carbons (Fsp3) is 0.131. The normalized spacial score (nSPS) is 11.7. The van der Waals surface area contributed by atoms with Crippen LogP contribution in [-0.2, 0) is 31.9 Å². The maximum atomic E-state index is 11.1. The summed E-state index contributed by atoms with van der Waals surface area (Å²) in [6, 6.07) is 66.3. The van der Waals surface area contributed by atoms with E-state index in [0.717, 1.165) is 78.0 Å². The molecule has 10 rings (SSSR count). The van der Waals surface area contributed by atoms with Gasteiger partial charge in [-0.05, 0) is 104 Å². The van der Waals surface area contributed by atoms with E-state index in [1.807, 2.05) is 60.8 Å². The van der Waals surface area contributed by atoms with Crippen molar-refractivity contribution in [3.05, 3.63) is 205 Å². The van der Waals surface area contributed by atoms with Gasteiger partial charge in [-0.3, -0.25) is 9.97 Å². The largest absolute Gasteiger partial charge is 0.507 e. The standard InChI is InChI=1S/C61H49N4O.Pt/c1-60(2,3)47-32-45(33-48(37-47)61(4,5)6)46-35-55(64-56(36-46)53-19-8-10-23-58(53)66)44-17-12-16-43(31-44)54-34-42(28-29-63-54)50-20-13-21-52-51-18-7-9-22-57(51)65(59(50)52)49-26-24-40(25-27-49)41-15-11-14-39(30-41)38-62;/h7-30,32-37,66H,1-6H3;/q-1;. The van der Waals surface area contributed by atoms with Crippen LogP contribution in [0.2, 0.25) is 0 Å². The fourth-order valence-corrected chi connectivity index (χ4v) is 8.93. The molecule has 6 heteroatoms. The van der Waals surface area contributed by atoms with Crippen LogP contribution in [0.25, 0.3) is 94.6 Å². The third-order valence-electron chi connectivity index (χ3n) is 12.6. The third-order valence-corrected chi connectivity index (χ3v) is 12.6. The summed E-state index contributed by atoms with van der Waals surface area (Å²) in [6.07, 6.45) is 1.88. The van der Waals surface area contributed by atoms with Gasteiger partial charge in [-0.15, -0.1) is 24.3 Å². The van der Waals surface area contributed by atoms with Crippen molar-refractivity contribution in [3.8, 4) is 84.7 Å². The number of aromatic hydroxyl groups is 1. The second-order valence-corrected chi connectivity index (χ2v) is 19.1. The Labute approximate surface area is 407 Å². The van der Waals surface area contributed by atoms with Gasteiger partial charge in [0.15, 0.2) is 0 Å². The smallest absolute Gasteiger partial charge is 0.124 e. The first kappa shape index (κ1) is 44.8. The summed E-state index contributed by atoms with van der Waals surface area (Å²) < 4.78 is 2.35. The Morgan fingerprint density at radius 3 is 1.87 bits per heavy atom. The van der Waals surface area contributed by atoms with Crippen molar-refractivity contribution in [2.24, 2.45) is 0 Å². The number of rotatable bonds is 7. The van der Waals surface area contributed by atoms with Gasteiger partial charge in [0.25, 0.3) is 0 Å². The molecule has 330 valence electrons. The molecule has 0 aliphatic heterocycles. The maximum Gasteiger partial charge on any atom is 0.124 e. The van der Waals surface area contributed by atoms with E-state index in [1.165, 1.54) is 16.5 Å². The first-order chi connectivity index (χ1) is 31.8. The monoisotopic (exact) mass is 1050 g/mol. The average Bonchev–Trinajstić information content (AvgIpc) is 3.68. The van der Waals surface area contributed by atoms with Crippen molar-refractivity contribution >= 4 is 21.8 Å². The Hall–Kier alpha value is -7.38. The minimum Gasteiger partial charge on any atom is -0.507 e. The molecule has 0 aliphatic carbocycles. The van der Waals surface area contributed by atoms with E-state index in [4.69, 9.17) is 9.97 Å². The number of para-hydroxylation sites is 3. The van der Waals surface area contributed by atoms with Crippen molar-refractivity contribution in [1.82, 2.24) is 14.5 Å². The van der Waals surface area contributed by atoms with Crippen LogP contribution < -0.4 is 0 Å². The molecule has 67 heavy (non-hydrogen) atoms. The van der Waals surface area contributed by atoms with Gasteiger partial charge in [-0.2, -0.15) is 5.26 Å². The number of nitrogens with zero attached hydrogens (tertiary/aromatic N) is 4. The van der Waals surface area contributed by atoms with Crippen molar-refractivity contribution in [2.75, 3.05) is 0 Å². The molecule has 0 spiro atoms. The Bertz CT molecular complexity index is 3500. The third kappa shape index (κ3) is 8.74. The van der Waals surface area contributed by atoms with E-state index in [2.05, 4.69) is 174 Å². The molecule has 7 aromatic carbocycles. The van der Waals surface area contributed by atoms with Crippen molar-refractivity contribution in [1.29, 1.82) is 5.26 Å². The number of phenols is 1. The minimum atomic E-state index is -0.0585. The van der Waals surface area contributed by atoms with Gasteiger partial charge in [-0.1, -0.05) is 156 Å². The molecule has 3 aromatic heterocycles. The van der Waals surface area contributed by atoms with Crippen LogP contribution in [0, 0.1) is 17.4 Å². The van der Waals surface area contributed by atoms with E-state index in [9.17, 15) is 10.4 Å². The Balaban J connectivity index is 0.00000562. The molecule has 3 heterocycles. The summed E-state index contributed by atoms with van der Waals surface area (Å²) in [4.78, 5) is 10.1. The van der Waals surface area contributed by atoms with E-state index in [1.54, 1.807) is 6.07 Å². The van der Waals surface area contributed by atoms with Crippen LogP contribution in [0.3, 0.4) is 0 Å². The molecule has 0 atom stereocenters. The molecule has 0 saturated heterocycles. The zero-order valence-corrected chi connectivity index (χ0v) is 40.6. The predicted octanol–water partition coefficient (Wildman–Crippen LogP) is 15.5. The number of benzene rings is 7. The number of phenolic OH excluding ortho intramolecular Hbond substituents is 1. The zero-order valence-electron chi connectivity index (χ0n) is 38.4. The molecule has 0 radical (unpaired) electrons. The topological polar surface area (TPSA) is 74.7 Å². The number of hydrogen-bond acceptors (Lipinski definition) is 4. The molecule has 0 aliphatic rings. The van der Waals surface area contributed by atoms with Gasteiger partial charge < -0.3 is 9.67 Å². The second-order valence-electron chi connectivity index (χ2n) is 19.1. The second kappa shape index (κ2) is 17.8. The van der Waals surface area contributed by atoms with E-state index >= 15 is 0 Å². The van der Waals surface area contributed by atoms with Crippen molar-refractivity contribution in [2.45, 2.75) is 52.4 Å². The van der Waals surface area contributed by atoms with Gasteiger partial charge in [0.2, 0.25) is 0 Å². The van der Waals surface area contributed by atoms with Crippen LogP contribution in [0.15, 0.2) is 182 Å². The van der Waals surface area contributed by atoms with E-state index in [0.29, 0.717) is 16.8 Å². The summed E-state index contributed by atoms with van der Waals surface area (Å²) in [5, 5.41) is 23.0. The minimum absolute atomic E-state index is 0. The summed E-state index contributed by atoms with van der Waals surface area (Å²) in [7, 11) is 0. The molecule has 0 unspecified atom stereocenters. The molecule has 0 amide bonds. The molecule has 0 saturated carbocycles. The number of hydrogen-bond donors (Lipinski definition) is 1. The summed E-state index contributed by atoms with van der Waals surface area (Å²) in [6.45, 7) is 13.5. The van der Waals surface area contributed by atoms with Crippen LogP contribution in [0.1, 0.15) is 58.2 Å². The van der Waals surface area contributed by atoms with E-state index in [-0.39, 0.29) is 37.6 Å². The Morgan fingerprint density at radius 2 is 1.13 bits per heavy atom. The average molecular weight is 1050 g/mol. The fourth-order valence-electron chi connectivity index (χ4n) is 8.93. The van der Waals surface area contributed by atoms with E-state index < -0.39 is 0 Å². The first-order valence-corrected chi connectivity index (χ1v) is 22.4. The summed E-state index contributed by atoms with van der Waals surface area (Å²) >= 11 is 0. The first-order valence-electron chi connectivity index (χ1n) is 22.4. The molecular formula is C61H49N4OPt-. The molecule has 10 aromatic rings. The van der Waals surface area contributed by atoms with Crippen molar-refractivity contribution in [3.63, 3.8) is 0 Å². The number of aromatic nitrogens is 3. The Kier molecular flexibility index (Phi) is 11.9. The van der Waals surface area contributed by atoms with Crippen LogP contribution >= 0.6 is 0 Å². The Morgan fingerprint density at radius 1 is 0.522 bits per heavy atom. The predicted molar refractivity (Wildman–Crippen MR) is 272 cm³/mol. The molecule has 1 N–H and O–H groups in total. The zero-order chi connectivity index (χ0) is 45.7. The number of pyridine rings is 2. The molecule has 0 bridgehead atoms. The van der Waals surface area contributed by atoms with Gasteiger partial charge in [-0.25, -0.2) is 0 Å². The molecular weight excluding hydrogens is 1000 g/mol. The van der Waals surface area contributed by atoms with Gasteiger partial charge in [0, 0.05) is 66.2 Å². The molecule has 5 nitrogen and oxygen atoms in total. The van der Waals surface area contributed by atoms with Gasteiger partial charge >= 0.3 is 0 Å².